The SMILES string of the molecule is CCCCc1cnc(/C=C/c2cnc(NC(=O)C(C)c3cccnc3C)s2)o1. The van der Waals surface area contributed by atoms with E-state index >= 15 is 0 Å². The molecule has 3 heterocycles. The number of thiazole rings is 1. The second kappa shape index (κ2) is 9.41. The van der Waals surface area contributed by atoms with E-state index < -0.39 is 0 Å². The van der Waals surface area contributed by atoms with Crippen LogP contribution in [0.1, 0.15) is 60.4 Å². The summed E-state index contributed by atoms with van der Waals surface area (Å²) in [5.41, 5.74) is 1.77. The lowest BCUT2D eigenvalue weighted by molar-refractivity contribution is -0.117. The van der Waals surface area contributed by atoms with Gasteiger partial charge in [-0.3, -0.25) is 9.78 Å². The van der Waals surface area contributed by atoms with Crippen molar-refractivity contribution in [3.05, 3.63) is 58.5 Å². The van der Waals surface area contributed by atoms with E-state index in [-0.39, 0.29) is 11.8 Å². The molecule has 3 aromatic heterocycles. The Labute approximate surface area is 168 Å². The molecule has 0 saturated heterocycles. The lowest BCUT2D eigenvalue weighted by Gasteiger charge is -2.12. The Morgan fingerprint density at radius 1 is 1.29 bits per heavy atom. The van der Waals surface area contributed by atoms with Crippen molar-refractivity contribution in [1.29, 1.82) is 0 Å². The van der Waals surface area contributed by atoms with Gasteiger partial charge >= 0.3 is 0 Å². The number of nitrogens with zero attached hydrogens (tertiary/aromatic N) is 3. The maximum absolute atomic E-state index is 12.5. The molecule has 0 fully saturated rings. The molecule has 0 aromatic carbocycles. The zero-order valence-electron chi connectivity index (χ0n) is 16.3. The molecule has 6 nitrogen and oxygen atoms in total. The molecule has 3 rings (SSSR count). The smallest absolute Gasteiger partial charge is 0.233 e. The highest BCUT2D eigenvalue weighted by atomic mass is 32.1. The van der Waals surface area contributed by atoms with Crippen LogP contribution >= 0.6 is 11.3 Å². The third-order valence-corrected chi connectivity index (χ3v) is 5.28. The van der Waals surface area contributed by atoms with Gasteiger partial charge in [-0.2, -0.15) is 0 Å². The Balaban J connectivity index is 1.60. The maximum atomic E-state index is 12.5. The number of aryl methyl sites for hydroxylation is 2. The minimum Gasteiger partial charge on any atom is -0.442 e. The normalized spacial score (nSPS) is 12.4. The van der Waals surface area contributed by atoms with Crippen LogP contribution in [-0.4, -0.2) is 20.9 Å². The number of oxazole rings is 1. The summed E-state index contributed by atoms with van der Waals surface area (Å²) in [5.74, 6) is 1.07. The van der Waals surface area contributed by atoms with E-state index in [1.807, 2.05) is 38.1 Å². The highest BCUT2D eigenvalue weighted by Gasteiger charge is 2.18. The van der Waals surface area contributed by atoms with Gasteiger partial charge < -0.3 is 9.73 Å². The third kappa shape index (κ3) is 5.13. The van der Waals surface area contributed by atoms with E-state index in [1.165, 1.54) is 11.3 Å². The van der Waals surface area contributed by atoms with E-state index in [4.69, 9.17) is 4.42 Å². The molecule has 3 aromatic rings. The van der Waals surface area contributed by atoms with Crippen molar-refractivity contribution in [2.75, 3.05) is 5.32 Å². The quantitative estimate of drug-likeness (QED) is 0.573. The molecule has 146 valence electrons. The first-order valence-corrected chi connectivity index (χ1v) is 10.2. The molecule has 0 radical (unpaired) electrons. The molecule has 1 atom stereocenters. The second-order valence-electron chi connectivity index (χ2n) is 6.56. The largest absolute Gasteiger partial charge is 0.442 e. The average molecular weight is 397 g/mol. The van der Waals surface area contributed by atoms with Gasteiger partial charge in [-0.15, -0.1) is 0 Å². The number of amides is 1. The van der Waals surface area contributed by atoms with Gasteiger partial charge in [0.25, 0.3) is 0 Å². The van der Waals surface area contributed by atoms with Crippen LogP contribution in [0.15, 0.2) is 35.1 Å². The Hall–Kier alpha value is -2.80. The van der Waals surface area contributed by atoms with E-state index in [9.17, 15) is 4.79 Å². The number of unbranched alkanes of at least 4 members (excludes halogenated alkanes) is 1. The highest BCUT2D eigenvalue weighted by Crippen LogP contribution is 2.24. The van der Waals surface area contributed by atoms with Crippen LogP contribution in [0.4, 0.5) is 5.13 Å². The van der Waals surface area contributed by atoms with E-state index in [2.05, 4.69) is 27.2 Å². The fourth-order valence-corrected chi connectivity index (χ4v) is 3.47. The van der Waals surface area contributed by atoms with Gasteiger partial charge in [-0.25, -0.2) is 9.97 Å². The number of aromatic nitrogens is 3. The summed E-state index contributed by atoms with van der Waals surface area (Å²) in [4.78, 5) is 26.2. The summed E-state index contributed by atoms with van der Waals surface area (Å²) in [7, 11) is 0. The maximum Gasteiger partial charge on any atom is 0.233 e. The molecular weight excluding hydrogens is 372 g/mol. The minimum absolute atomic E-state index is 0.103. The Bertz CT molecular complexity index is 961. The summed E-state index contributed by atoms with van der Waals surface area (Å²) in [5, 5.41) is 3.44. The Kier molecular flexibility index (Phi) is 6.71. The molecule has 7 heteroatoms. The highest BCUT2D eigenvalue weighted by molar-refractivity contribution is 7.16. The molecule has 1 amide bonds. The third-order valence-electron chi connectivity index (χ3n) is 4.40. The lowest BCUT2D eigenvalue weighted by Crippen LogP contribution is -2.19. The first-order chi connectivity index (χ1) is 13.6. The molecule has 0 aliphatic rings. The zero-order valence-corrected chi connectivity index (χ0v) is 17.1. The number of carbonyl (C=O) groups is 1. The van der Waals surface area contributed by atoms with Gasteiger partial charge in [0, 0.05) is 35.5 Å². The molecule has 1 unspecified atom stereocenters. The molecule has 0 aliphatic carbocycles. The fraction of sp³-hybridized carbons (Fsp3) is 0.333. The Morgan fingerprint density at radius 2 is 2.14 bits per heavy atom. The number of hydrogen-bond donors (Lipinski definition) is 1. The van der Waals surface area contributed by atoms with Gasteiger partial charge in [0.05, 0.1) is 12.1 Å². The van der Waals surface area contributed by atoms with Crippen molar-refractivity contribution >= 4 is 34.5 Å². The van der Waals surface area contributed by atoms with Gasteiger partial charge in [-0.1, -0.05) is 30.7 Å². The van der Waals surface area contributed by atoms with Gasteiger partial charge in [-0.05, 0) is 38.0 Å². The topological polar surface area (TPSA) is 80.9 Å². The predicted octanol–water partition coefficient (Wildman–Crippen LogP) is 5.09. The molecular formula is C21H24N4O2S. The van der Waals surface area contributed by atoms with Crippen molar-refractivity contribution in [3.63, 3.8) is 0 Å². The van der Waals surface area contributed by atoms with E-state index in [0.29, 0.717) is 11.0 Å². The van der Waals surface area contributed by atoms with Crippen molar-refractivity contribution in [2.24, 2.45) is 0 Å². The van der Waals surface area contributed by atoms with Crippen LogP contribution in [0, 0.1) is 6.92 Å². The van der Waals surface area contributed by atoms with Crippen LogP contribution < -0.4 is 5.32 Å². The number of hydrogen-bond acceptors (Lipinski definition) is 6. The van der Waals surface area contributed by atoms with Gasteiger partial charge in [0.15, 0.2) is 5.13 Å². The molecule has 0 spiro atoms. The summed E-state index contributed by atoms with van der Waals surface area (Å²) in [6.45, 7) is 5.92. The fourth-order valence-electron chi connectivity index (χ4n) is 2.75. The van der Waals surface area contributed by atoms with Crippen LogP contribution in [0.3, 0.4) is 0 Å². The van der Waals surface area contributed by atoms with Crippen LogP contribution in [-0.2, 0) is 11.2 Å². The van der Waals surface area contributed by atoms with Crippen LogP contribution in [0.2, 0.25) is 0 Å². The monoisotopic (exact) mass is 396 g/mol. The lowest BCUT2D eigenvalue weighted by atomic mass is 9.99. The van der Waals surface area contributed by atoms with Gasteiger partial charge in [0.2, 0.25) is 11.8 Å². The number of nitrogens with one attached hydrogen (secondary N) is 1. The average Bonchev–Trinajstić information content (AvgIpc) is 3.33. The van der Waals surface area contributed by atoms with Crippen molar-refractivity contribution < 1.29 is 9.21 Å². The number of anilines is 1. The second-order valence-corrected chi connectivity index (χ2v) is 7.62. The number of rotatable bonds is 8. The summed E-state index contributed by atoms with van der Waals surface area (Å²) in [6.07, 6.45) is 12.0. The first kappa shape index (κ1) is 19.9. The van der Waals surface area contributed by atoms with Gasteiger partial charge in [0.1, 0.15) is 5.76 Å². The Morgan fingerprint density at radius 3 is 2.93 bits per heavy atom. The molecule has 0 aliphatic heterocycles. The standard InChI is InChI=1S/C21H24N4O2S/c1-4-5-7-16-12-23-19(27-16)10-9-17-13-24-21(28-17)25-20(26)14(2)18-8-6-11-22-15(18)3/h6,8-14H,4-5,7H2,1-3H3,(H,24,25,26)/b10-9+. The van der Waals surface area contributed by atoms with Crippen molar-refractivity contribution in [3.8, 4) is 0 Å². The van der Waals surface area contributed by atoms with Crippen LogP contribution in [0.5, 0.6) is 0 Å². The van der Waals surface area contributed by atoms with Crippen LogP contribution in [0.25, 0.3) is 12.2 Å². The minimum atomic E-state index is -0.301. The zero-order chi connectivity index (χ0) is 19.9. The van der Waals surface area contributed by atoms with Crippen molar-refractivity contribution in [2.45, 2.75) is 46.0 Å². The molecule has 1 N–H and O–H groups in total. The first-order valence-electron chi connectivity index (χ1n) is 9.37. The molecule has 0 saturated carbocycles. The van der Waals surface area contributed by atoms with E-state index in [1.54, 1.807) is 18.6 Å². The molecule has 0 bridgehead atoms. The summed E-state index contributed by atoms with van der Waals surface area (Å²) >= 11 is 1.40. The van der Waals surface area contributed by atoms with E-state index in [0.717, 1.165) is 41.2 Å². The number of pyridine rings is 1. The summed E-state index contributed by atoms with van der Waals surface area (Å²) in [6, 6.07) is 3.77. The summed E-state index contributed by atoms with van der Waals surface area (Å²) < 4.78 is 5.68. The van der Waals surface area contributed by atoms with Crippen molar-refractivity contribution in [1.82, 2.24) is 15.0 Å². The predicted molar refractivity (Wildman–Crippen MR) is 112 cm³/mol. The molecule has 28 heavy (non-hydrogen) atoms. The number of carbonyl (C=O) groups excluding carboxylic acids is 1.